The second-order valence-corrected chi connectivity index (χ2v) is 5.70. The number of nitrogens with zero attached hydrogens (tertiary/aromatic N) is 1. The molecule has 1 aromatic rings. The topological polar surface area (TPSA) is 29.5 Å². The van der Waals surface area contributed by atoms with E-state index in [1.165, 1.54) is 24.8 Å². The molecular weight excluding hydrogens is 238 g/mol. The smallest absolute Gasteiger partial charge is 0.193 e. The van der Waals surface area contributed by atoms with Crippen LogP contribution in [0.4, 0.5) is 0 Å². The van der Waals surface area contributed by atoms with Crippen LogP contribution in [0.5, 0.6) is 0 Å². The van der Waals surface area contributed by atoms with E-state index in [-0.39, 0.29) is 11.9 Å². The van der Waals surface area contributed by atoms with E-state index >= 15 is 0 Å². The molecule has 0 radical (unpaired) electrons. The summed E-state index contributed by atoms with van der Waals surface area (Å²) in [5.41, 5.74) is 2.11. The Hall–Kier alpha value is -1.19. The average molecular weight is 259 g/mol. The normalized spacial score (nSPS) is 25.0. The Balaban J connectivity index is 1.82. The van der Waals surface area contributed by atoms with Gasteiger partial charge in [-0.25, -0.2) is 0 Å². The van der Waals surface area contributed by atoms with E-state index in [9.17, 15) is 4.79 Å². The van der Waals surface area contributed by atoms with Crippen LogP contribution in [-0.4, -0.2) is 43.5 Å². The van der Waals surface area contributed by atoms with Gasteiger partial charge in [-0.05, 0) is 31.4 Å². The van der Waals surface area contributed by atoms with E-state index < -0.39 is 0 Å². The highest BCUT2D eigenvalue weighted by Gasteiger charge is 2.30. The van der Waals surface area contributed by atoms with Crippen molar-refractivity contribution in [1.29, 1.82) is 0 Å². The van der Waals surface area contributed by atoms with Gasteiger partial charge in [0.25, 0.3) is 0 Å². The first-order valence-corrected chi connectivity index (χ1v) is 7.19. The number of carbonyl (C=O) groups excluding carboxylic acids is 1. The molecule has 1 aliphatic heterocycles. The fourth-order valence-corrected chi connectivity index (χ4v) is 2.91. The van der Waals surface area contributed by atoms with Crippen molar-refractivity contribution in [3.05, 3.63) is 35.4 Å². The van der Waals surface area contributed by atoms with Gasteiger partial charge >= 0.3 is 0 Å². The van der Waals surface area contributed by atoms with Crippen molar-refractivity contribution in [1.82, 2.24) is 4.90 Å². The number of morpholine rings is 1. The predicted molar refractivity (Wildman–Crippen MR) is 74.6 cm³/mol. The lowest BCUT2D eigenvalue weighted by Crippen LogP contribution is -2.44. The number of benzene rings is 1. The summed E-state index contributed by atoms with van der Waals surface area (Å²) in [7, 11) is 2.04. The lowest BCUT2D eigenvalue weighted by Gasteiger charge is -2.31. The van der Waals surface area contributed by atoms with E-state index in [4.69, 9.17) is 4.74 Å². The van der Waals surface area contributed by atoms with Gasteiger partial charge in [0, 0.05) is 18.7 Å². The molecule has 1 aromatic carbocycles. The van der Waals surface area contributed by atoms with Gasteiger partial charge in [-0.15, -0.1) is 0 Å². The van der Waals surface area contributed by atoms with Gasteiger partial charge in [-0.3, -0.25) is 4.79 Å². The second-order valence-electron chi connectivity index (χ2n) is 5.70. The van der Waals surface area contributed by atoms with E-state index in [2.05, 4.69) is 11.0 Å². The zero-order valence-electron chi connectivity index (χ0n) is 11.5. The highest BCUT2D eigenvalue weighted by molar-refractivity contribution is 6.01. The molecule has 1 saturated heterocycles. The molecule has 0 aromatic heterocycles. The van der Waals surface area contributed by atoms with Gasteiger partial charge in [0.15, 0.2) is 5.78 Å². The van der Waals surface area contributed by atoms with E-state index in [1.54, 1.807) is 0 Å². The fourth-order valence-electron chi connectivity index (χ4n) is 2.91. The van der Waals surface area contributed by atoms with Crippen LogP contribution in [0.1, 0.15) is 41.1 Å². The Morgan fingerprint density at radius 2 is 2.11 bits per heavy atom. The molecule has 1 heterocycles. The third kappa shape index (κ3) is 2.58. The van der Waals surface area contributed by atoms with Gasteiger partial charge < -0.3 is 9.64 Å². The molecule has 2 fully saturated rings. The molecule has 0 spiro atoms. The number of likely N-dealkylation sites (N-methyl/N-ethyl adjacent to an activating group) is 1. The maximum absolute atomic E-state index is 12.7. The number of rotatable bonds is 3. The molecule has 2 aliphatic rings. The standard InChI is InChI=1S/C16H21NO2/c1-17-9-10-19-15(11-17)16(18)14-8-3-2-7-13(14)12-5-4-6-12/h2-3,7-8,12,15H,4-6,9-11H2,1H3. The lowest BCUT2D eigenvalue weighted by molar-refractivity contribution is -0.00871. The SMILES string of the molecule is CN1CCOC(C(=O)c2ccccc2C2CCC2)C1. The van der Waals surface area contributed by atoms with Crippen molar-refractivity contribution in [2.24, 2.45) is 0 Å². The molecule has 3 rings (SSSR count). The summed E-state index contributed by atoms with van der Waals surface area (Å²) >= 11 is 0. The van der Waals surface area contributed by atoms with Gasteiger partial charge in [-0.1, -0.05) is 30.7 Å². The van der Waals surface area contributed by atoms with Crippen LogP contribution >= 0.6 is 0 Å². The first-order chi connectivity index (χ1) is 9.25. The second kappa shape index (κ2) is 5.43. The van der Waals surface area contributed by atoms with Crippen molar-refractivity contribution >= 4 is 5.78 Å². The van der Waals surface area contributed by atoms with Crippen molar-refractivity contribution in [2.75, 3.05) is 26.7 Å². The summed E-state index contributed by atoms with van der Waals surface area (Å²) in [6.45, 7) is 2.27. The van der Waals surface area contributed by atoms with E-state index in [0.29, 0.717) is 19.1 Å². The van der Waals surface area contributed by atoms with E-state index in [1.807, 2.05) is 25.2 Å². The van der Waals surface area contributed by atoms with Gasteiger partial charge in [0.1, 0.15) is 6.10 Å². The number of Topliss-reactive ketones (excluding diaryl/α,β-unsaturated/α-hetero) is 1. The zero-order chi connectivity index (χ0) is 13.2. The maximum Gasteiger partial charge on any atom is 0.193 e. The summed E-state index contributed by atoms with van der Waals surface area (Å²) in [6, 6.07) is 8.08. The number of ketones is 1. The predicted octanol–water partition coefficient (Wildman–Crippen LogP) is 2.47. The van der Waals surface area contributed by atoms with Crippen LogP contribution in [0.15, 0.2) is 24.3 Å². The first-order valence-electron chi connectivity index (χ1n) is 7.19. The highest BCUT2D eigenvalue weighted by Crippen LogP contribution is 2.38. The summed E-state index contributed by atoms with van der Waals surface area (Å²) in [6.07, 6.45) is 3.43. The Morgan fingerprint density at radius 1 is 1.32 bits per heavy atom. The minimum atomic E-state index is -0.292. The van der Waals surface area contributed by atoms with Crippen molar-refractivity contribution in [3.63, 3.8) is 0 Å². The quantitative estimate of drug-likeness (QED) is 0.781. The Kier molecular flexibility index (Phi) is 3.67. The molecule has 0 amide bonds. The molecule has 1 unspecified atom stereocenters. The fraction of sp³-hybridized carbons (Fsp3) is 0.562. The molecule has 102 valence electrons. The lowest BCUT2D eigenvalue weighted by atomic mass is 9.77. The number of hydrogen-bond acceptors (Lipinski definition) is 3. The number of hydrogen-bond donors (Lipinski definition) is 0. The number of ether oxygens (including phenoxy) is 1. The van der Waals surface area contributed by atoms with Gasteiger partial charge in [-0.2, -0.15) is 0 Å². The molecule has 1 atom stereocenters. The molecule has 1 aliphatic carbocycles. The molecule has 3 nitrogen and oxygen atoms in total. The molecule has 19 heavy (non-hydrogen) atoms. The van der Waals surface area contributed by atoms with Gasteiger partial charge in [0.05, 0.1) is 6.61 Å². The maximum atomic E-state index is 12.7. The van der Waals surface area contributed by atoms with Crippen LogP contribution in [0.2, 0.25) is 0 Å². The minimum Gasteiger partial charge on any atom is -0.367 e. The van der Waals surface area contributed by atoms with Crippen LogP contribution in [-0.2, 0) is 4.74 Å². The summed E-state index contributed by atoms with van der Waals surface area (Å²) in [5.74, 6) is 0.746. The van der Waals surface area contributed by atoms with Crippen molar-refractivity contribution in [2.45, 2.75) is 31.3 Å². The Morgan fingerprint density at radius 3 is 2.79 bits per heavy atom. The molecule has 3 heteroatoms. The molecule has 1 saturated carbocycles. The number of carbonyl (C=O) groups is 1. The highest BCUT2D eigenvalue weighted by atomic mass is 16.5. The first kappa shape index (κ1) is 12.8. The van der Waals surface area contributed by atoms with Crippen LogP contribution in [0, 0.1) is 0 Å². The van der Waals surface area contributed by atoms with Crippen LogP contribution in [0.25, 0.3) is 0 Å². The average Bonchev–Trinajstić information content (AvgIpc) is 2.37. The third-order valence-corrected chi connectivity index (χ3v) is 4.33. The largest absolute Gasteiger partial charge is 0.367 e. The van der Waals surface area contributed by atoms with Crippen molar-refractivity contribution in [3.8, 4) is 0 Å². The monoisotopic (exact) mass is 259 g/mol. The molecule has 0 bridgehead atoms. The zero-order valence-corrected chi connectivity index (χ0v) is 11.5. The van der Waals surface area contributed by atoms with Crippen LogP contribution < -0.4 is 0 Å². The van der Waals surface area contributed by atoms with Crippen LogP contribution in [0.3, 0.4) is 0 Å². The summed E-state index contributed by atoms with van der Waals surface area (Å²) in [4.78, 5) is 14.8. The Bertz CT molecular complexity index is 468. The van der Waals surface area contributed by atoms with E-state index in [0.717, 1.165) is 12.1 Å². The molecule has 0 N–H and O–H groups in total. The Labute approximate surface area is 114 Å². The summed E-state index contributed by atoms with van der Waals surface area (Å²) < 4.78 is 5.66. The third-order valence-electron chi connectivity index (χ3n) is 4.33. The van der Waals surface area contributed by atoms with Crippen molar-refractivity contribution < 1.29 is 9.53 Å². The minimum absolute atomic E-state index is 0.161. The van der Waals surface area contributed by atoms with Gasteiger partial charge in [0.2, 0.25) is 0 Å². The molecular formula is C16H21NO2. The summed E-state index contributed by atoms with van der Waals surface area (Å²) in [5, 5.41) is 0.